The molecule has 2 aliphatic rings. The lowest BCUT2D eigenvalue weighted by atomic mass is 10.1. The zero-order valence-electron chi connectivity index (χ0n) is 25.5. The number of aliphatic imine (C=N–C) groups is 1. The van der Waals surface area contributed by atoms with Crippen LogP contribution >= 0.6 is 0 Å². The highest BCUT2D eigenvalue weighted by Crippen LogP contribution is 2.23. The fraction of sp³-hybridized carbons (Fsp3) is 0.333. The summed E-state index contributed by atoms with van der Waals surface area (Å²) in [5, 5.41) is 15.7. The average molecular weight is 609 g/mol. The summed E-state index contributed by atoms with van der Waals surface area (Å²) in [6.45, 7) is 5.65. The van der Waals surface area contributed by atoms with Crippen LogP contribution in [0.3, 0.4) is 0 Å². The van der Waals surface area contributed by atoms with Crippen LogP contribution in [0.25, 0.3) is 16.7 Å². The summed E-state index contributed by atoms with van der Waals surface area (Å²) in [7, 11) is 0. The molecule has 0 radical (unpaired) electrons. The van der Waals surface area contributed by atoms with Gasteiger partial charge in [-0.15, -0.1) is 5.10 Å². The van der Waals surface area contributed by atoms with Crippen LogP contribution in [-0.4, -0.2) is 74.7 Å². The molecule has 232 valence electrons. The van der Waals surface area contributed by atoms with E-state index in [1.54, 1.807) is 11.8 Å². The Balaban J connectivity index is 1.27. The molecular weight excluding hydrogens is 572 g/mol. The number of aromatic nitrogens is 3. The zero-order valence-corrected chi connectivity index (χ0v) is 25.5. The Morgan fingerprint density at radius 3 is 2.56 bits per heavy atom. The molecule has 2 saturated heterocycles. The van der Waals surface area contributed by atoms with E-state index in [1.165, 1.54) is 11.0 Å². The summed E-state index contributed by atoms with van der Waals surface area (Å²) in [6, 6.07) is 16.8. The quantitative estimate of drug-likeness (QED) is 0.189. The first kappa shape index (κ1) is 29.8. The van der Waals surface area contributed by atoms with Gasteiger partial charge in [0.25, 0.3) is 11.8 Å². The number of likely N-dealkylation sites (tertiary alicyclic amines) is 2. The topological polar surface area (TPSA) is 138 Å². The van der Waals surface area contributed by atoms with E-state index in [9.17, 15) is 14.4 Å². The molecule has 0 saturated carbocycles. The average Bonchev–Trinajstić information content (AvgIpc) is 3.77. The lowest BCUT2D eigenvalue weighted by Gasteiger charge is -2.24. The molecule has 2 N–H and O–H groups in total. The number of amides is 3. The van der Waals surface area contributed by atoms with Gasteiger partial charge in [0.1, 0.15) is 17.9 Å². The van der Waals surface area contributed by atoms with Crippen LogP contribution in [-0.2, 0) is 9.59 Å². The molecule has 12 nitrogen and oxygen atoms in total. The highest BCUT2D eigenvalue weighted by molar-refractivity contribution is 6.10. The smallest absolute Gasteiger partial charge is 0.280 e. The van der Waals surface area contributed by atoms with E-state index < -0.39 is 5.91 Å². The minimum absolute atomic E-state index is 0.0241. The third-order valence-electron chi connectivity index (χ3n) is 7.94. The number of carbonyl (C=O) groups excluding carboxylic acids is 3. The number of para-hydroxylation sites is 1. The highest BCUT2D eigenvalue weighted by atomic mass is 16.3. The molecular formula is C33H36N8O4. The van der Waals surface area contributed by atoms with Crippen LogP contribution in [0.15, 0.2) is 75.8 Å². The molecule has 12 heteroatoms. The lowest BCUT2D eigenvalue weighted by Crippen LogP contribution is -2.42. The van der Waals surface area contributed by atoms with Crippen molar-refractivity contribution in [3.8, 4) is 5.69 Å². The fourth-order valence-electron chi connectivity index (χ4n) is 5.59. The first-order chi connectivity index (χ1) is 21.8. The summed E-state index contributed by atoms with van der Waals surface area (Å²) in [5.74, 6) is 0.142. The largest absolute Gasteiger partial charge is 0.461 e. The molecule has 0 bridgehead atoms. The van der Waals surface area contributed by atoms with Crippen LogP contribution in [0, 0.1) is 13.8 Å². The number of benzene rings is 2. The van der Waals surface area contributed by atoms with Gasteiger partial charge in [0.05, 0.1) is 11.4 Å². The fourth-order valence-corrected chi connectivity index (χ4v) is 5.59. The van der Waals surface area contributed by atoms with Crippen molar-refractivity contribution >= 4 is 40.3 Å². The Kier molecular flexibility index (Phi) is 8.72. The number of fused-ring (bicyclic) bond motifs is 1. The Hall–Kier alpha value is -5.26. The van der Waals surface area contributed by atoms with Crippen molar-refractivity contribution in [3.05, 3.63) is 83.5 Å². The molecule has 2 aromatic carbocycles. The van der Waals surface area contributed by atoms with Crippen molar-refractivity contribution in [1.82, 2.24) is 30.1 Å². The number of aryl methyl sites for hydroxylation is 2. The second kappa shape index (κ2) is 13.2. The molecule has 0 aliphatic carbocycles. The lowest BCUT2D eigenvalue weighted by molar-refractivity contribution is -0.137. The van der Waals surface area contributed by atoms with Gasteiger partial charge in [0.15, 0.2) is 5.69 Å². The molecule has 6 rings (SSSR count). The van der Waals surface area contributed by atoms with E-state index in [2.05, 4.69) is 25.8 Å². The third-order valence-corrected chi connectivity index (χ3v) is 7.94. The van der Waals surface area contributed by atoms with Gasteiger partial charge >= 0.3 is 0 Å². The van der Waals surface area contributed by atoms with Crippen molar-refractivity contribution in [2.45, 2.75) is 46.0 Å². The van der Waals surface area contributed by atoms with Crippen LogP contribution in [0.2, 0.25) is 0 Å². The molecule has 4 aromatic rings. The molecule has 0 atom stereocenters. The monoisotopic (exact) mass is 608 g/mol. The number of furan rings is 1. The predicted molar refractivity (Wildman–Crippen MR) is 170 cm³/mol. The summed E-state index contributed by atoms with van der Waals surface area (Å²) in [4.78, 5) is 49.3. The molecule has 0 spiro atoms. The van der Waals surface area contributed by atoms with Gasteiger partial charge in [-0.2, -0.15) is 9.90 Å². The number of nitrogens with one attached hydrogen (secondary N) is 2. The number of guanidine groups is 1. The molecule has 0 unspecified atom stereocenters. The third kappa shape index (κ3) is 6.95. The molecule has 2 aromatic heterocycles. The van der Waals surface area contributed by atoms with E-state index in [4.69, 9.17) is 4.42 Å². The van der Waals surface area contributed by atoms with Crippen LogP contribution in [0.5, 0.6) is 0 Å². The van der Waals surface area contributed by atoms with E-state index in [0.29, 0.717) is 29.9 Å². The van der Waals surface area contributed by atoms with Gasteiger partial charge < -0.3 is 19.5 Å². The summed E-state index contributed by atoms with van der Waals surface area (Å²) in [6.07, 6.45) is 5.57. The number of carbonyl (C=O) groups is 3. The molecule has 2 aliphatic heterocycles. The van der Waals surface area contributed by atoms with Crippen molar-refractivity contribution in [1.29, 1.82) is 0 Å². The number of anilines is 1. The van der Waals surface area contributed by atoms with E-state index in [0.717, 1.165) is 61.2 Å². The molecule has 3 amide bonds. The Bertz CT molecular complexity index is 1780. The summed E-state index contributed by atoms with van der Waals surface area (Å²) < 4.78 is 5.70. The second-order valence-electron chi connectivity index (χ2n) is 11.4. The maximum Gasteiger partial charge on any atom is 0.280 e. The Labute approximate surface area is 260 Å². The van der Waals surface area contributed by atoms with Crippen LogP contribution in [0.1, 0.15) is 54.0 Å². The molecule has 2 fully saturated rings. The Morgan fingerprint density at radius 2 is 1.76 bits per heavy atom. The number of nitrogens with zero attached hydrogens (tertiary/aromatic N) is 6. The van der Waals surface area contributed by atoms with Crippen molar-refractivity contribution in [3.63, 3.8) is 0 Å². The minimum atomic E-state index is -0.510. The maximum atomic E-state index is 13.5. The molecule has 45 heavy (non-hydrogen) atoms. The van der Waals surface area contributed by atoms with E-state index in [1.807, 2.05) is 66.4 Å². The number of rotatable bonds is 6. The summed E-state index contributed by atoms with van der Waals surface area (Å²) in [5.41, 5.74) is 3.18. The van der Waals surface area contributed by atoms with Gasteiger partial charge in [-0.05, 0) is 82.3 Å². The number of hydrogen-bond acceptors (Lipinski definition) is 7. The van der Waals surface area contributed by atoms with E-state index >= 15 is 0 Å². The van der Waals surface area contributed by atoms with Crippen molar-refractivity contribution in [2.75, 3.05) is 31.5 Å². The van der Waals surface area contributed by atoms with E-state index in [-0.39, 0.29) is 30.0 Å². The van der Waals surface area contributed by atoms with Crippen LogP contribution in [0.4, 0.5) is 5.69 Å². The van der Waals surface area contributed by atoms with Gasteiger partial charge in [0.2, 0.25) is 11.9 Å². The second-order valence-corrected chi connectivity index (χ2v) is 11.4. The van der Waals surface area contributed by atoms with Crippen molar-refractivity contribution < 1.29 is 18.8 Å². The van der Waals surface area contributed by atoms with Gasteiger partial charge in [-0.25, -0.2) is 4.99 Å². The highest BCUT2D eigenvalue weighted by Gasteiger charge is 2.27. The predicted octanol–water partition coefficient (Wildman–Crippen LogP) is 4.35. The van der Waals surface area contributed by atoms with Gasteiger partial charge in [0, 0.05) is 42.5 Å². The normalized spacial score (nSPS) is 16.8. The van der Waals surface area contributed by atoms with Gasteiger partial charge in [-0.3, -0.25) is 19.7 Å². The first-order valence-electron chi connectivity index (χ1n) is 15.3. The van der Waals surface area contributed by atoms with Crippen molar-refractivity contribution in [2.24, 2.45) is 4.99 Å². The van der Waals surface area contributed by atoms with Crippen LogP contribution < -0.4 is 10.6 Å². The zero-order chi connectivity index (χ0) is 31.3. The molecule has 4 heterocycles. The first-order valence-corrected chi connectivity index (χ1v) is 15.3. The SMILES string of the molecule is Cc1cc2cc(NC(=N/C=C3\CCCCN(CC(=O)N4CCCC4)C3=O)NC(=O)c3nn(-c4ccccc4)nc3C)ccc2o1. The maximum absolute atomic E-state index is 13.5. The Morgan fingerprint density at radius 1 is 0.978 bits per heavy atom. The number of hydrogen-bond donors (Lipinski definition) is 2. The minimum Gasteiger partial charge on any atom is -0.461 e. The van der Waals surface area contributed by atoms with Gasteiger partial charge in [-0.1, -0.05) is 18.2 Å². The summed E-state index contributed by atoms with van der Waals surface area (Å²) >= 11 is 0. The standard InChI is InChI=1S/C33H36N8O4/c1-22-18-25-19-26(13-14-28(25)45-22)35-33(36-31(43)30-23(2)37-41(38-30)27-11-4-3-5-12-27)34-20-24-10-6-7-17-40(32(24)44)21-29(42)39-15-8-9-16-39/h3-5,11-14,18-20H,6-10,15-17,21H2,1-2H3,(H2,34,35,36,43)/b24-20+.